The van der Waals surface area contributed by atoms with Crippen molar-refractivity contribution >= 4 is 17.5 Å². The van der Waals surface area contributed by atoms with Gasteiger partial charge in [-0.05, 0) is 31.0 Å². The largest absolute Gasteiger partial charge is 0.482 e. The van der Waals surface area contributed by atoms with Crippen molar-refractivity contribution in [2.45, 2.75) is 38.1 Å². The SMILES string of the molecule is CN1C(=O)COc2cc(-c3noc(C(=O)NC4CCCCC4)n3)ccc21. The molecule has 1 aromatic carbocycles. The number of carbonyl (C=O) groups is 2. The number of hydrogen-bond acceptors (Lipinski definition) is 6. The monoisotopic (exact) mass is 356 g/mol. The van der Waals surface area contributed by atoms with Crippen LogP contribution in [0.25, 0.3) is 11.4 Å². The molecule has 1 fully saturated rings. The lowest BCUT2D eigenvalue weighted by Gasteiger charge is -2.25. The number of nitrogens with one attached hydrogen (secondary N) is 1. The zero-order chi connectivity index (χ0) is 18.1. The van der Waals surface area contributed by atoms with Gasteiger partial charge < -0.3 is 19.5 Å². The van der Waals surface area contributed by atoms with Gasteiger partial charge in [-0.3, -0.25) is 9.59 Å². The molecular weight excluding hydrogens is 336 g/mol. The normalized spacial score (nSPS) is 17.6. The van der Waals surface area contributed by atoms with E-state index in [9.17, 15) is 9.59 Å². The third kappa shape index (κ3) is 3.14. The maximum atomic E-state index is 12.3. The highest BCUT2D eigenvalue weighted by atomic mass is 16.5. The fourth-order valence-electron chi connectivity index (χ4n) is 3.34. The van der Waals surface area contributed by atoms with E-state index in [1.54, 1.807) is 30.1 Å². The standard InChI is InChI=1S/C18H20N4O4/c1-22-13-8-7-11(9-14(13)25-10-15(22)23)16-20-18(26-21-16)17(24)19-12-5-3-2-4-6-12/h7-9,12H,2-6,10H2,1H3,(H,19,24). The summed E-state index contributed by atoms with van der Waals surface area (Å²) < 4.78 is 10.6. The molecule has 0 radical (unpaired) electrons. The molecule has 0 bridgehead atoms. The van der Waals surface area contributed by atoms with E-state index in [0.29, 0.717) is 22.8 Å². The topological polar surface area (TPSA) is 97.6 Å². The Morgan fingerprint density at radius 1 is 1.27 bits per heavy atom. The van der Waals surface area contributed by atoms with E-state index in [1.807, 2.05) is 0 Å². The number of hydrogen-bond donors (Lipinski definition) is 1. The first-order valence-electron chi connectivity index (χ1n) is 8.80. The molecule has 0 unspecified atom stereocenters. The second-order valence-corrected chi connectivity index (χ2v) is 6.66. The lowest BCUT2D eigenvalue weighted by Crippen LogP contribution is -2.36. The van der Waals surface area contributed by atoms with Crippen LogP contribution in [0.3, 0.4) is 0 Å². The first-order valence-corrected chi connectivity index (χ1v) is 8.80. The molecule has 2 aromatic rings. The van der Waals surface area contributed by atoms with Crippen LogP contribution in [0.5, 0.6) is 5.75 Å². The summed E-state index contributed by atoms with van der Waals surface area (Å²) in [5, 5.41) is 6.86. The van der Waals surface area contributed by atoms with Gasteiger partial charge in [0.1, 0.15) is 5.75 Å². The molecule has 2 amide bonds. The minimum atomic E-state index is -0.338. The van der Waals surface area contributed by atoms with E-state index in [2.05, 4.69) is 15.5 Å². The number of carbonyl (C=O) groups excluding carboxylic acids is 2. The van der Waals surface area contributed by atoms with Crippen molar-refractivity contribution in [3.05, 3.63) is 24.1 Å². The number of fused-ring (bicyclic) bond motifs is 1. The molecule has 136 valence electrons. The summed E-state index contributed by atoms with van der Waals surface area (Å²) >= 11 is 0. The maximum Gasteiger partial charge on any atom is 0.316 e. The molecule has 2 heterocycles. The second-order valence-electron chi connectivity index (χ2n) is 6.66. The minimum absolute atomic E-state index is 0.00571. The van der Waals surface area contributed by atoms with Gasteiger partial charge in [0, 0.05) is 18.7 Å². The molecule has 0 atom stereocenters. The van der Waals surface area contributed by atoms with E-state index >= 15 is 0 Å². The molecule has 1 aromatic heterocycles. The Hall–Kier alpha value is -2.90. The average molecular weight is 356 g/mol. The summed E-state index contributed by atoms with van der Waals surface area (Å²) in [5.41, 5.74) is 1.34. The van der Waals surface area contributed by atoms with Gasteiger partial charge in [0.05, 0.1) is 5.69 Å². The van der Waals surface area contributed by atoms with Crippen LogP contribution in [0.15, 0.2) is 22.7 Å². The number of rotatable bonds is 3. The van der Waals surface area contributed by atoms with Crippen molar-refractivity contribution < 1.29 is 18.8 Å². The summed E-state index contributed by atoms with van der Waals surface area (Å²) in [5.74, 6) is 0.394. The van der Waals surface area contributed by atoms with Crippen molar-refractivity contribution in [3.8, 4) is 17.1 Å². The molecule has 1 N–H and O–H groups in total. The van der Waals surface area contributed by atoms with E-state index in [-0.39, 0.29) is 30.4 Å². The van der Waals surface area contributed by atoms with Crippen LogP contribution >= 0.6 is 0 Å². The first kappa shape index (κ1) is 16.6. The highest BCUT2D eigenvalue weighted by molar-refractivity contribution is 5.97. The Bertz CT molecular complexity index is 841. The molecule has 2 aliphatic rings. The number of anilines is 1. The minimum Gasteiger partial charge on any atom is -0.482 e. The van der Waals surface area contributed by atoms with Gasteiger partial charge in [0.15, 0.2) is 6.61 Å². The highest BCUT2D eigenvalue weighted by Gasteiger charge is 2.24. The van der Waals surface area contributed by atoms with Crippen LogP contribution in [-0.2, 0) is 4.79 Å². The molecule has 1 aliphatic carbocycles. The Morgan fingerprint density at radius 2 is 2.08 bits per heavy atom. The van der Waals surface area contributed by atoms with Gasteiger partial charge in [0.25, 0.3) is 5.91 Å². The molecule has 8 heteroatoms. The Labute approximate surface area is 150 Å². The quantitative estimate of drug-likeness (QED) is 0.905. The van der Waals surface area contributed by atoms with E-state index < -0.39 is 0 Å². The number of amides is 2. The van der Waals surface area contributed by atoms with Crippen LogP contribution in [0.1, 0.15) is 42.8 Å². The number of ether oxygens (including phenoxy) is 1. The summed E-state index contributed by atoms with van der Waals surface area (Å²) in [4.78, 5) is 29.7. The first-order chi connectivity index (χ1) is 12.6. The molecule has 1 saturated carbocycles. The van der Waals surface area contributed by atoms with Crippen LogP contribution < -0.4 is 15.0 Å². The number of likely N-dealkylation sites (N-methyl/N-ethyl adjacent to an activating group) is 1. The average Bonchev–Trinajstić information content (AvgIpc) is 3.16. The van der Waals surface area contributed by atoms with Gasteiger partial charge >= 0.3 is 11.8 Å². The van der Waals surface area contributed by atoms with Crippen molar-refractivity contribution in [3.63, 3.8) is 0 Å². The van der Waals surface area contributed by atoms with Crippen LogP contribution in [0, 0.1) is 0 Å². The van der Waals surface area contributed by atoms with E-state index in [1.165, 1.54) is 6.42 Å². The van der Waals surface area contributed by atoms with Gasteiger partial charge in [-0.25, -0.2) is 0 Å². The summed E-state index contributed by atoms with van der Waals surface area (Å²) in [7, 11) is 1.70. The molecule has 26 heavy (non-hydrogen) atoms. The van der Waals surface area contributed by atoms with E-state index in [4.69, 9.17) is 9.26 Å². The Kier molecular flexibility index (Phi) is 4.32. The predicted molar refractivity (Wildman–Crippen MR) is 93.0 cm³/mol. The third-order valence-corrected chi connectivity index (χ3v) is 4.87. The zero-order valence-corrected chi connectivity index (χ0v) is 14.5. The van der Waals surface area contributed by atoms with Gasteiger partial charge in [-0.1, -0.05) is 24.4 Å². The fourth-order valence-corrected chi connectivity index (χ4v) is 3.34. The molecule has 4 rings (SSSR count). The number of aromatic nitrogens is 2. The van der Waals surface area contributed by atoms with Gasteiger partial charge in [0.2, 0.25) is 5.82 Å². The highest BCUT2D eigenvalue weighted by Crippen LogP contribution is 2.34. The second kappa shape index (κ2) is 6.78. The number of nitrogens with zero attached hydrogens (tertiary/aromatic N) is 3. The van der Waals surface area contributed by atoms with Crippen molar-refractivity contribution in [2.75, 3.05) is 18.6 Å². The summed E-state index contributed by atoms with van der Waals surface area (Å²) in [6, 6.07) is 5.45. The molecule has 0 spiro atoms. The predicted octanol–water partition coefficient (Wildman–Crippen LogP) is 2.15. The van der Waals surface area contributed by atoms with Crippen LogP contribution in [0.4, 0.5) is 5.69 Å². The number of benzene rings is 1. The molecule has 0 saturated heterocycles. The Balaban J connectivity index is 1.51. The van der Waals surface area contributed by atoms with Crippen molar-refractivity contribution in [1.29, 1.82) is 0 Å². The summed E-state index contributed by atoms with van der Waals surface area (Å²) in [6.07, 6.45) is 5.46. The third-order valence-electron chi connectivity index (χ3n) is 4.87. The lowest BCUT2D eigenvalue weighted by molar-refractivity contribution is -0.120. The maximum absolute atomic E-state index is 12.3. The van der Waals surface area contributed by atoms with Gasteiger partial charge in [-0.15, -0.1) is 0 Å². The molecular formula is C18H20N4O4. The zero-order valence-electron chi connectivity index (χ0n) is 14.5. The summed E-state index contributed by atoms with van der Waals surface area (Å²) in [6.45, 7) is -0.00571. The Morgan fingerprint density at radius 3 is 2.88 bits per heavy atom. The van der Waals surface area contributed by atoms with Crippen LogP contribution in [0.2, 0.25) is 0 Å². The van der Waals surface area contributed by atoms with Crippen molar-refractivity contribution in [1.82, 2.24) is 15.5 Å². The van der Waals surface area contributed by atoms with E-state index in [0.717, 1.165) is 25.7 Å². The fraction of sp³-hybridized carbons (Fsp3) is 0.444. The van der Waals surface area contributed by atoms with Gasteiger partial charge in [-0.2, -0.15) is 4.98 Å². The molecule has 8 nitrogen and oxygen atoms in total. The lowest BCUT2D eigenvalue weighted by atomic mass is 9.95. The van der Waals surface area contributed by atoms with Crippen LogP contribution in [-0.4, -0.2) is 41.7 Å². The molecule has 1 aliphatic heterocycles. The smallest absolute Gasteiger partial charge is 0.316 e. The van der Waals surface area contributed by atoms with Crippen molar-refractivity contribution in [2.24, 2.45) is 0 Å².